The first kappa shape index (κ1) is 18.9. The van der Waals surface area contributed by atoms with Gasteiger partial charge in [0.25, 0.3) is 5.91 Å². The van der Waals surface area contributed by atoms with Crippen molar-refractivity contribution in [1.29, 1.82) is 0 Å². The molecule has 0 bridgehead atoms. The van der Waals surface area contributed by atoms with E-state index in [1.54, 1.807) is 11.8 Å². The molecule has 26 heavy (non-hydrogen) atoms. The standard InChI is InChI=1S/C17H24N2O6S/c1-12-9-15(25-18-12)17(21)24-10-16(20)19(13-5-3-2-4-6-13)14-7-8-26(22,23)11-14/h9,13-14H,2-8,10-11H2,1H3/t14-/m0/s1. The predicted octanol–water partition coefficient (Wildman–Crippen LogP) is 1.49. The van der Waals surface area contributed by atoms with E-state index in [0.29, 0.717) is 12.1 Å². The first-order valence-electron chi connectivity index (χ1n) is 8.98. The number of nitrogens with zero attached hydrogens (tertiary/aromatic N) is 2. The van der Waals surface area contributed by atoms with Gasteiger partial charge in [0.15, 0.2) is 16.4 Å². The summed E-state index contributed by atoms with van der Waals surface area (Å²) < 4.78 is 33.6. The van der Waals surface area contributed by atoms with Crippen LogP contribution in [0.5, 0.6) is 0 Å². The summed E-state index contributed by atoms with van der Waals surface area (Å²) in [4.78, 5) is 26.4. The molecule has 1 saturated heterocycles. The second-order valence-electron chi connectivity index (χ2n) is 7.06. The van der Waals surface area contributed by atoms with Crippen LogP contribution < -0.4 is 0 Å². The number of ether oxygens (including phenoxy) is 1. The molecule has 0 aromatic carbocycles. The molecular weight excluding hydrogens is 360 g/mol. The summed E-state index contributed by atoms with van der Waals surface area (Å²) in [5.41, 5.74) is 0.545. The highest BCUT2D eigenvalue weighted by Gasteiger charge is 2.38. The fraction of sp³-hybridized carbons (Fsp3) is 0.706. The van der Waals surface area contributed by atoms with Gasteiger partial charge in [-0.15, -0.1) is 0 Å². The van der Waals surface area contributed by atoms with E-state index in [1.165, 1.54) is 6.07 Å². The van der Waals surface area contributed by atoms with Crippen LogP contribution in [0.1, 0.15) is 54.8 Å². The number of carbonyl (C=O) groups excluding carboxylic acids is 2. The second-order valence-corrected chi connectivity index (χ2v) is 9.29. The maximum atomic E-state index is 12.8. The summed E-state index contributed by atoms with van der Waals surface area (Å²) >= 11 is 0. The molecule has 2 aliphatic rings. The van der Waals surface area contributed by atoms with Crippen LogP contribution in [0.4, 0.5) is 0 Å². The van der Waals surface area contributed by atoms with E-state index >= 15 is 0 Å². The van der Waals surface area contributed by atoms with Crippen LogP contribution in [0.15, 0.2) is 10.6 Å². The largest absolute Gasteiger partial charge is 0.450 e. The normalized spacial score (nSPS) is 22.9. The maximum Gasteiger partial charge on any atom is 0.377 e. The zero-order valence-corrected chi connectivity index (χ0v) is 15.7. The summed E-state index contributed by atoms with van der Waals surface area (Å²) in [7, 11) is -3.11. The van der Waals surface area contributed by atoms with Crippen LogP contribution in [0.2, 0.25) is 0 Å². The van der Waals surface area contributed by atoms with E-state index < -0.39 is 22.4 Å². The number of sulfone groups is 1. The second kappa shape index (κ2) is 7.77. The van der Waals surface area contributed by atoms with Crippen LogP contribution >= 0.6 is 0 Å². The molecule has 144 valence electrons. The molecule has 1 aliphatic carbocycles. The fourth-order valence-corrected chi connectivity index (χ4v) is 5.50. The van der Waals surface area contributed by atoms with Crippen molar-refractivity contribution >= 4 is 21.7 Å². The van der Waals surface area contributed by atoms with Gasteiger partial charge in [-0.1, -0.05) is 24.4 Å². The molecule has 0 radical (unpaired) electrons. The highest BCUT2D eigenvalue weighted by atomic mass is 32.2. The number of hydrogen-bond acceptors (Lipinski definition) is 7. The molecule has 9 heteroatoms. The molecule has 2 fully saturated rings. The molecule has 1 aliphatic heterocycles. The average molecular weight is 384 g/mol. The number of carbonyl (C=O) groups is 2. The third-order valence-corrected chi connectivity index (χ3v) is 6.76. The van der Waals surface area contributed by atoms with Crippen LogP contribution in [0.3, 0.4) is 0 Å². The molecule has 2 heterocycles. The van der Waals surface area contributed by atoms with Crippen molar-refractivity contribution in [3.05, 3.63) is 17.5 Å². The van der Waals surface area contributed by atoms with Gasteiger partial charge in [0, 0.05) is 18.2 Å². The van der Waals surface area contributed by atoms with Crippen molar-refractivity contribution in [1.82, 2.24) is 10.1 Å². The Labute approximate surface area is 152 Å². The van der Waals surface area contributed by atoms with Crippen LogP contribution in [-0.4, -0.2) is 60.5 Å². The van der Waals surface area contributed by atoms with Crippen molar-refractivity contribution in [2.24, 2.45) is 0 Å². The van der Waals surface area contributed by atoms with E-state index in [4.69, 9.17) is 9.26 Å². The Morgan fingerprint density at radius 1 is 1.23 bits per heavy atom. The lowest BCUT2D eigenvalue weighted by molar-refractivity contribution is -0.140. The topological polar surface area (TPSA) is 107 Å². The Bertz CT molecular complexity index is 766. The highest BCUT2D eigenvalue weighted by Crippen LogP contribution is 2.28. The summed E-state index contributed by atoms with van der Waals surface area (Å²) in [6.45, 7) is 1.25. The van der Waals surface area contributed by atoms with E-state index in [2.05, 4.69) is 5.16 Å². The average Bonchev–Trinajstić information content (AvgIpc) is 3.19. The monoisotopic (exact) mass is 384 g/mol. The zero-order valence-electron chi connectivity index (χ0n) is 14.8. The van der Waals surface area contributed by atoms with E-state index in [-0.39, 0.29) is 35.3 Å². The summed E-state index contributed by atoms with van der Waals surface area (Å²) in [6, 6.07) is 1.12. The van der Waals surface area contributed by atoms with Crippen molar-refractivity contribution < 1.29 is 27.3 Å². The number of amides is 1. The molecule has 8 nitrogen and oxygen atoms in total. The molecule has 1 amide bonds. The molecule has 1 atom stereocenters. The van der Waals surface area contributed by atoms with Crippen molar-refractivity contribution in [3.8, 4) is 0 Å². The maximum absolute atomic E-state index is 12.8. The third-order valence-electron chi connectivity index (χ3n) is 5.01. The fourth-order valence-electron chi connectivity index (χ4n) is 3.79. The lowest BCUT2D eigenvalue weighted by atomic mass is 9.93. The van der Waals surface area contributed by atoms with Crippen LogP contribution in [0.25, 0.3) is 0 Å². The van der Waals surface area contributed by atoms with Gasteiger partial charge in [0.05, 0.1) is 17.2 Å². The Kier molecular flexibility index (Phi) is 5.64. The Hall–Kier alpha value is -1.90. The van der Waals surface area contributed by atoms with E-state index in [9.17, 15) is 18.0 Å². The summed E-state index contributed by atoms with van der Waals surface area (Å²) in [6.07, 6.45) is 5.33. The van der Waals surface area contributed by atoms with Gasteiger partial charge in [-0.25, -0.2) is 13.2 Å². The minimum absolute atomic E-state index is 0.00944. The molecule has 3 rings (SSSR count). The SMILES string of the molecule is Cc1cc(C(=O)OCC(=O)N(C2CCCCC2)[C@H]2CCS(=O)(=O)C2)on1. The number of hydrogen-bond donors (Lipinski definition) is 0. The quantitative estimate of drug-likeness (QED) is 0.708. The Balaban J connectivity index is 1.67. The minimum Gasteiger partial charge on any atom is -0.450 e. The molecular formula is C17H24N2O6S. The van der Waals surface area contributed by atoms with Gasteiger partial charge >= 0.3 is 5.97 Å². The Morgan fingerprint density at radius 2 is 1.96 bits per heavy atom. The summed E-state index contributed by atoms with van der Waals surface area (Å²) in [5, 5.41) is 3.61. The molecule has 1 aromatic rings. The smallest absolute Gasteiger partial charge is 0.377 e. The van der Waals surface area contributed by atoms with E-state index in [1.807, 2.05) is 0 Å². The lowest BCUT2D eigenvalue weighted by Crippen LogP contribution is -2.50. The van der Waals surface area contributed by atoms with Crippen LogP contribution in [0, 0.1) is 6.92 Å². The zero-order chi connectivity index (χ0) is 18.7. The van der Waals surface area contributed by atoms with Gasteiger partial charge in [-0.05, 0) is 26.2 Å². The number of rotatable bonds is 5. The third kappa shape index (κ3) is 4.44. The molecule has 0 unspecified atom stereocenters. The molecule has 1 saturated carbocycles. The number of esters is 1. The van der Waals surface area contributed by atoms with Crippen molar-refractivity contribution in [2.45, 2.75) is 57.5 Å². The van der Waals surface area contributed by atoms with E-state index in [0.717, 1.165) is 32.1 Å². The van der Waals surface area contributed by atoms with Crippen molar-refractivity contribution in [2.75, 3.05) is 18.1 Å². The van der Waals surface area contributed by atoms with Gasteiger partial charge in [-0.2, -0.15) is 0 Å². The molecule has 1 aromatic heterocycles. The predicted molar refractivity (Wildman–Crippen MR) is 92.3 cm³/mol. The van der Waals surface area contributed by atoms with Gasteiger partial charge in [0.1, 0.15) is 0 Å². The van der Waals surface area contributed by atoms with Gasteiger partial charge in [0.2, 0.25) is 5.76 Å². The minimum atomic E-state index is -3.11. The van der Waals surface area contributed by atoms with Crippen LogP contribution in [-0.2, 0) is 19.4 Å². The summed E-state index contributed by atoms with van der Waals surface area (Å²) in [5.74, 6) is -1.05. The van der Waals surface area contributed by atoms with Crippen molar-refractivity contribution in [3.63, 3.8) is 0 Å². The van der Waals surface area contributed by atoms with Gasteiger partial charge < -0.3 is 14.2 Å². The first-order chi connectivity index (χ1) is 12.4. The Morgan fingerprint density at radius 3 is 2.54 bits per heavy atom. The first-order valence-corrected chi connectivity index (χ1v) is 10.8. The lowest BCUT2D eigenvalue weighted by Gasteiger charge is -2.38. The number of aryl methyl sites for hydroxylation is 1. The highest BCUT2D eigenvalue weighted by molar-refractivity contribution is 7.91. The molecule has 0 spiro atoms. The van der Waals surface area contributed by atoms with Gasteiger partial charge in [-0.3, -0.25) is 4.79 Å². The molecule has 0 N–H and O–H groups in total. The number of aromatic nitrogens is 1.